The van der Waals surface area contributed by atoms with Gasteiger partial charge in [-0.1, -0.05) is 36.4 Å². The van der Waals surface area contributed by atoms with Crippen molar-refractivity contribution in [3.05, 3.63) is 77.9 Å². The zero-order valence-electron chi connectivity index (χ0n) is 19.9. The van der Waals surface area contributed by atoms with Crippen molar-refractivity contribution in [2.45, 2.75) is 19.6 Å². The molecule has 1 atom stereocenters. The van der Waals surface area contributed by atoms with E-state index >= 15 is 0 Å². The molecule has 1 aromatic heterocycles. The van der Waals surface area contributed by atoms with Crippen LogP contribution in [-0.4, -0.2) is 43.7 Å². The van der Waals surface area contributed by atoms with Crippen LogP contribution in [0.3, 0.4) is 0 Å². The van der Waals surface area contributed by atoms with Gasteiger partial charge in [0.05, 0.1) is 6.61 Å². The van der Waals surface area contributed by atoms with Gasteiger partial charge in [-0.25, -0.2) is 4.79 Å². The molecular formula is C28H27NO7. The molecule has 36 heavy (non-hydrogen) atoms. The number of esters is 1. The molecule has 0 amide bonds. The Hall–Kier alpha value is -4.01. The lowest BCUT2D eigenvalue weighted by atomic mass is 10.1. The minimum absolute atomic E-state index is 0.0811. The van der Waals surface area contributed by atoms with Gasteiger partial charge >= 0.3 is 5.97 Å². The standard InChI is InChI=1S/C28H27NO7/c1-2-32-28(31)26-22-13-21(9-11-23(22)36-27(26)19-6-4-3-5-7-19)33-16-20(30)15-29-14-18-8-10-24-25(12-18)35-17-34-24/h3-13,20,29-30H,2,14-17H2,1H3/t20-/m1/s1. The molecule has 4 aromatic rings. The summed E-state index contributed by atoms with van der Waals surface area (Å²) in [6.07, 6.45) is -0.733. The minimum Gasteiger partial charge on any atom is -0.491 e. The van der Waals surface area contributed by atoms with E-state index in [0.717, 1.165) is 22.6 Å². The molecule has 0 unspecified atom stereocenters. The lowest BCUT2D eigenvalue weighted by Gasteiger charge is -2.13. The molecule has 0 bridgehead atoms. The number of hydrogen-bond acceptors (Lipinski definition) is 8. The number of hydrogen-bond donors (Lipinski definition) is 2. The molecule has 0 saturated carbocycles. The van der Waals surface area contributed by atoms with E-state index < -0.39 is 12.1 Å². The Morgan fingerprint density at radius 1 is 1.06 bits per heavy atom. The Kier molecular flexibility index (Phi) is 7.06. The molecule has 8 heteroatoms. The second-order valence-electron chi connectivity index (χ2n) is 8.33. The number of fused-ring (bicyclic) bond motifs is 2. The molecule has 0 aliphatic carbocycles. The molecular weight excluding hydrogens is 462 g/mol. The maximum Gasteiger partial charge on any atom is 0.342 e. The summed E-state index contributed by atoms with van der Waals surface area (Å²) in [6, 6.07) is 20.4. The third kappa shape index (κ3) is 5.15. The van der Waals surface area contributed by atoms with E-state index in [-0.39, 0.29) is 20.0 Å². The summed E-state index contributed by atoms with van der Waals surface area (Å²) in [6.45, 7) is 3.24. The predicted molar refractivity (Wildman–Crippen MR) is 133 cm³/mol. The normalized spacial score (nSPS) is 13.1. The van der Waals surface area contributed by atoms with Crippen molar-refractivity contribution in [1.82, 2.24) is 5.32 Å². The number of carbonyl (C=O) groups is 1. The smallest absolute Gasteiger partial charge is 0.342 e. The third-order valence-corrected chi connectivity index (χ3v) is 5.76. The van der Waals surface area contributed by atoms with E-state index in [9.17, 15) is 9.90 Å². The Labute approximate surface area is 208 Å². The highest BCUT2D eigenvalue weighted by Crippen LogP contribution is 2.36. The molecule has 5 rings (SSSR count). The highest BCUT2D eigenvalue weighted by atomic mass is 16.7. The van der Waals surface area contributed by atoms with Crippen molar-refractivity contribution in [2.75, 3.05) is 26.6 Å². The number of rotatable bonds is 10. The number of aliphatic hydroxyl groups excluding tert-OH is 1. The van der Waals surface area contributed by atoms with E-state index in [1.165, 1.54) is 0 Å². The monoisotopic (exact) mass is 489 g/mol. The quantitative estimate of drug-likeness (QED) is 0.314. The number of ether oxygens (including phenoxy) is 4. The first-order valence-electron chi connectivity index (χ1n) is 11.8. The molecule has 0 radical (unpaired) electrons. The van der Waals surface area contributed by atoms with Crippen LogP contribution in [0.5, 0.6) is 17.2 Å². The highest BCUT2D eigenvalue weighted by Gasteiger charge is 2.24. The summed E-state index contributed by atoms with van der Waals surface area (Å²) >= 11 is 0. The van der Waals surface area contributed by atoms with Gasteiger partial charge in [-0.15, -0.1) is 0 Å². The summed E-state index contributed by atoms with van der Waals surface area (Å²) in [5.74, 6) is 1.98. The molecule has 2 N–H and O–H groups in total. The summed E-state index contributed by atoms with van der Waals surface area (Å²) in [7, 11) is 0. The Bertz CT molecular complexity index is 1350. The number of furan rings is 1. The van der Waals surface area contributed by atoms with Crippen LogP contribution in [0.15, 0.2) is 71.1 Å². The highest BCUT2D eigenvalue weighted by molar-refractivity contribution is 6.09. The van der Waals surface area contributed by atoms with Crippen LogP contribution >= 0.6 is 0 Å². The summed E-state index contributed by atoms with van der Waals surface area (Å²) in [5, 5.41) is 14.2. The Morgan fingerprint density at radius 3 is 2.72 bits per heavy atom. The summed E-state index contributed by atoms with van der Waals surface area (Å²) in [4.78, 5) is 12.8. The van der Waals surface area contributed by atoms with Crippen LogP contribution in [0.4, 0.5) is 0 Å². The maximum atomic E-state index is 12.8. The van der Waals surface area contributed by atoms with Crippen LogP contribution in [-0.2, 0) is 11.3 Å². The first-order valence-corrected chi connectivity index (χ1v) is 11.8. The van der Waals surface area contributed by atoms with Gasteiger partial charge in [0.25, 0.3) is 0 Å². The molecule has 0 saturated heterocycles. The van der Waals surface area contributed by atoms with Gasteiger partial charge in [0, 0.05) is 24.0 Å². The fraction of sp³-hybridized carbons (Fsp3) is 0.250. The number of nitrogens with one attached hydrogen (secondary N) is 1. The maximum absolute atomic E-state index is 12.8. The predicted octanol–water partition coefficient (Wildman–Crippen LogP) is 4.53. The van der Waals surface area contributed by atoms with Gasteiger partial charge in [0.1, 0.15) is 35.4 Å². The fourth-order valence-electron chi connectivity index (χ4n) is 4.05. The lowest BCUT2D eigenvalue weighted by molar-refractivity contribution is 0.0528. The zero-order valence-corrected chi connectivity index (χ0v) is 19.9. The van der Waals surface area contributed by atoms with Crippen molar-refractivity contribution >= 4 is 16.9 Å². The molecule has 1 aliphatic heterocycles. The fourth-order valence-corrected chi connectivity index (χ4v) is 4.05. The molecule has 3 aromatic carbocycles. The second-order valence-corrected chi connectivity index (χ2v) is 8.33. The van der Waals surface area contributed by atoms with Crippen molar-refractivity contribution in [2.24, 2.45) is 0 Å². The van der Waals surface area contributed by atoms with Crippen LogP contribution in [0.25, 0.3) is 22.3 Å². The third-order valence-electron chi connectivity index (χ3n) is 5.76. The molecule has 8 nitrogen and oxygen atoms in total. The minimum atomic E-state index is -0.733. The van der Waals surface area contributed by atoms with E-state index in [4.69, 9.17) is 23.4 Å². The zero-order chi connectivity index (χ0) is 24.9. The average Bonchev–Trinajstić information content (AvgIpc) is 3.52. The largest absolute Gasteiger partial charge is 0.491 e. The van der Waals surface area contributed by atoms with Crippen LogP contribution < -0.4 is 19.5 Å². The van der Waals surface area contributed by atoms with Gasteiger partial charge < -0.3 is 33.8 Å². The van der Waals surface area contributed by atoms with Gasteiger partial charge in [0.15, 0.2) is 11.5 Å². The SMILES string of the molecule is CCOC(=O)c1c(-c2ccccc2)oc2ccc(OC[C@H](O)CNCc3ccc4c(c3)OCO4)cc12. The molecule has 186 valence electrons. The first kappa shape index (κ1) is 23.7. The number of benzene rings is 3. The van der Waals surface area contributed by atoms with E-state index in [1.54, 1.807) is 25.1 Å². The van der Waals surface area contributed by atoms with Gasteiger partial charge in [-0.2, -0.15) is 0 Å². The van der Waals surface area contributed by atoms with E-state index in [2.05, 4.69) is 5.32 Å². The topological polar surface area (TPSA) is 99.4 Å². The van der Waals surface area contributed by atoms with Crippen LogP contribution in [0, 0.1) is 0 Å². The van der Waals surface area contributed by atoms with E-state index in [1.807, 2.05) is 48.5 Å². The molecule has 2 heterocycles. The van der Waals surface area contributed by atoms with Crippen molar-refractivity contribution in [3.8, 4) is 28.6 Å². The number of aliphatic hydroxyl groups is 1. The lowest BCUT2D eigenvalue weighted by Crippen LogP contribution is -2.31. The first-order chi connectivity index (χ1) is 17.6. The molecule has 0 fully saturated rings. The summed E-state index contributed by atoms with van der Waals surface area (Å²) in [5.41, 5.74) is 2.71. The van der Waals surface area contributed by atoms with Gasteiger partial charge in [-0.3, -0.25) is 0 Å². The number of carbonyl (C=O) groups excluding carboxylic acids is 1. The van der Waals surface area contributed by atoms with Crippen molar-refractivity contribution in [1.29, 1.82) is 0 Å². The second kappa shape index (κ2) is 10.7. The van der Waals surface area contributed by atoms with Crippen molar-refractivity contribution in [3.63, 3.8) is 0 Å². The Morgan fingerprint density at radius 2 is 1.89 bits per heavy atom. The Balaban J connectivity index is 1.24. The average molecular weight is 490 g/mol. The van der Waals surface area contributed by atoms with Gasteiger partial charge in [-0.05, 0) is 42.8 Å². The van der Waals surface area contributed by atoms with Crippen LogP contribution in [0.2, 0.25) is 0 Å². The summed E-state index contributed by atoms with van der Waals surface area (Å²) < 4.78 is 27.9. The van der Waals surface area contributed by atoms with Gasteiger partial charge in [0.2, 0.25) is 6.79 Å². The molecule has 0 spiro atoms. The van der Waals surface area contributed by atoms with Crippen molar-refractivity contribution < 1.29 is 33.3 Å². The van der Waals surface area contributed by atoms with E-state index in [0.29, 0.717) is 41.1 Å². The van der Waals surface area contributed by atoms with Crippen LogP contribution in [0.1, 0.15) is 22.8 Å². The molecule has 1 aliphatic rings.